The van der Waals surface area contributed by atoms with Crippen LogP contribution in [0.4, 0.5) is 0 Å². The van der Waals surface area contributed by atoms with E-state index in [1.54, 1.807) is 4.90 Å². The van der Waals surface area contributed by atoms with Crippen LogP contribution < -0.4 is 4.74 Å². The Morgan fingerprint density at radius 2 is 2.00 bits per heavy atom. The second kappa shape index (κ2) is 8.02. The van der Waals surface area contributed by atoms with Gasteiger partial charge in [-0.25, -0.2) is 0 Å². The summed E-state index contributed by atoms with van der Waals surface area (Å²) >= 11 is 6.26. The molecule has 2 heterocycles. The highest BCUT2D eigenvalue weighted by molar-refractivity contribution is 6.31. The molecule has 1 saturated heterocycles. The fourth-order valence-electron chi connectivity index (χ4n) is 3.35. The van der Waals surface area contributed by atoms with Crippen molar-refractivity contribution in [1.82, 2.24) is 15.0 Å². The van der Waals surface area contributed by atoms with Gasteiger partial charge in [-0.2, -0.15) is 4.98 Å². The summed E-state index contributed by atoms with van der Waals surface area (Å²) in [5.74, 6) is 1.80. The topological polar surface area (TPSA) is 68.5 Å². The van der Waals surface area contributed by atoms with Crippen LogP contribution in [0.3, 0.4) is 0 Å². The van der Waals surface area contributed by atoms with Gasteiger partial charge < -0.3 is 14.2 Å². The zero-order valence-corrected chi connectivity index (χ0v) is 16.2. The van der Waals surface area contributed by atoms with Crippen molar-refractivity contribution in [2.24, 2.45) is 0 Å². The molecule has 7 heteroatoms. The van der Waals surface area contributed by atoms with Crippen LogP contribution in [-0.4, -0.2) is 27.6 Å². The van der Waals surface area contributed by atoms with Crippen molar-refractivity contribution in [1.29, 1.82) is 0 Å². The van der Waals surface area contributed by atoms with Crippen molar-refractivity contribution in [3.8, 4) is 17.1 Å². The van der Waals surface area contributed by atoms with Crippen LogP contribution in [0.15, 0.2) is 53.1 Å². The third kappa shape index (κ3) is 3.73. The first-order valence-electron chi connectivity index (χ1n) is 9.25. The van der Waals surface area contributed by atoms with Gasteiger partial charge in [-0.1, -0.05) is 35.0 Å². The first-order chi connectivity index (χ1) is 13.7. The zero-order valence-electron chi connectivity index (χ0n) is 15.5. The Morgan fingerprint density at radius 3 is 2.75 bits per heavy atom. The molecule has 0 N–H and O–H groups in total. The van der Waals surface area contributed by atoms with E-state index in [4.69, 9.17) is 20.9 Å². The lowest BCUT2D eigenvalue weighted by molar-refractivity contribution is -0.129. The summed E-state index contributed by atoms with van der Waals surface area (Å²) in [5.41, 5.74) is 1.73. The van der Waals surface area contributed by atoms with Gasteiger partial charge in [-0.05, 0) is 49.2 Å². The number of hydrogen-bond donors (Lipinski definition) is 0. The number of carbonyl (C=O) groups excluding carboxylic acids is 1. The lowest BCUT2D eigenvalue weighted by Crippen LogP contribution is -2.27. The molecule has 28 heavy (non-hydrogen) atoms. The molecule has 1 fully saturated rings. The summed E-state index contributed by atoms with van der Waals surface area (Å²) in [6.07, 6.45) is 1.10. The summed E-state index contributed by atoms with van der Waals surface area (Å²) in [6.45, 7) is 2.98. The van der Waals surface area contributed by atoms with Crippen LogP contribution in [0, 0.1) is 0 Å². The van der Waals surface area contributed by atoms with Gasteiger partial charge in [-0.3, -0.25) is 4.79 Å². The van der Waals surface area contributed by atoms with Crippen molar-refractivity contribution in [3.05, 3.63) is 65.0 Å². The summed E-state index contributed by atoms with van der Waals surface area (Å²) in [6, 6.07) is 14.8. The van der Waals surface area contributed by atoms with E-state index >= 15 is 0 Å². The Hall–Kier alpha value is -2.86. The first-order valence-corrected chi connectivity index (χ1v) is 9.63. The first kappa shape index (κ1) is 18.5. The normalized spacial score (nSPS) is 16.6. The smallest absolute Gasteiger partial charge is 0.249 e. The molecule has 1 unspecified atom stereocenters. The average Bonchev–Trinajstić information content (AvgIpc) is 3.32. The minimum absolute atomic E-state index is 0.0609. The lowest BCUT2D eigenvalue weighted by atomic mass is 10.1. The maximum atomic E-state index is 12.4. The maximum absolute atomic E-state index is 12.4. The third-order valence-electron chi connectivity index (χ3n) is 4.78. The van der Waals surface area contributed by atoms with Crippen molar-refractivity contribution in [3.63, 3.8) is 0 Å². The SMILES string of the molecule is CCOc1ccc(-c2noc(C3CCC(=O)N3Cc3ccccc3Cl)n2)cc1. The van der Waals surface area contributed by atoms with E-state index < -0.39 is 0 Å². The zero-order chi connectivity index (χ0) is 19.5. The van der Waals surface area contributed by atoms with E-state index in [9.17, 15) is 4.79 Å². The number of halogens is 1. The molecule has 144 valence electrons. The summed E-state index contributed by atoms with van der Waals surface area (Å²) in [5, 5.41) is 4.74. The Bertz CT molecular complexity index is 971. The van der Waals surface area contributed by atoms with E-state index in [2.05, 4.69) is 10.1 Å². The number of ether oxygens (including phenoxy) is 1. The van der Waals surface area contributed by atoms with Gasteiger partial charge in [0.15, 0.2) is 0 Å². The van der Waals surface area contributed by atoms with Gasteiger partial charge in [-0.15, -0.1) is 0 Å². The highest BCUT2D eigenvalue weighted by Gasteiger charge is 2.36. The Labute approximate surface area is 168 Å². The van der Waals surface area contributed by atoms with Gasteiger partial charge in [0.25, 0.3) is 0 Å². The molecule has 1 aliphatic rings. The number of aromatic nitrogens is 2. The molecule has 3 aromatic rings. The fourth-order valence-corrected chi connectivity index (χ4v) is 3.55. The van der Waals surface area contributed by atoms with Gasteiger partial charge in [0.2, 0.25) is 17.6 Å². The summed E-state index contributed by atoms with van der Waals surface area (Å²) in [7, 11) is 0. The van der Waals surface area contributed by atoms with Gasteiger partial charge >= 0.3 is 0 Å². The number of likely N-dealkylation sites (tertiary alicyclic amines) is 1. The molecule has 1 atom stereocenters. The van der Waals surface area contributed by atoms with E-state index in [1.807, 2.05) is 55.5 Å². The molecule has 0 bridgehead atoms. The van der Waals surface area contributed by atoms with E-state index in [0.717, 1.165) is 16.9 Å². The van der Waals surface area contributed by atoms with Gasteiger partial charge in [0.05, 0.1) is 6.61 Å². The minimum atomic E-state index is -0.243. The molecule has 1 aliphatic heterocycles. The molecule has 0 radical (unpaired) electrons. The maximum Gasteiger partial charge on any atom is 0.249 e. The lowest BCUT2D eigenvalue weighted by Gasteiger charge is -2.22. The van der Waals surface area contributed by atoms with Crippen molar-refractivity contribution in [2.75, 3.05) is 6.61 Å². The number of rotatable bonds is 6. The van der Waals surface area contributed by atoms with Crippen LogP contribution in [0.5, 0.6) is 5.75 Å². The highest BCUT2D eigenvalue weighted by atomic mass is 35.5. The average molecular weight is 398 g/mol. The molecular weight excluding hydrogens is 378 g/mol. The van der Waals surface area contributed by atoms with Crippen molar-refractivity contribution in [2.45, 2.75) is 32.4 Å². The number of hydrogen-bond acceptors (Lipinski definition) is 5. The van der Waals surface area contributed by atoms with E-state index in [0.29, 0.717) is 42.7 Å². The molecule has 2 aromatic carbocycles. The predicted molar refractivity (Wildman–Crippen MR) is 105 cm³/mol. The standard InChI is InChI=1S/C21H20ClN3O3/c1-2-27-16-9-7-14(8-10-16)20-23-21(28-24-20)18-11-12-19(26)25(18)13-15-5-3-4-6-17(15)22/h3-10,18H,2,11-13H2,1H3. The Balaban J connectivity index is 1.55. The summed E-state index contributed by atoms with van der Waals surface area (Å²) in [4.78, 5) is 18.7. The van der Waals surface area contributed by atoms with E-state index in [-0.39, 0.29) is 11.9 Å². The van der Waals surface area contributed by atoms with Crippen LogP contribution >= 0.6 is 11.6 Å². The van der Waals surface area contributed by atoms with Crippen molar-refractivity contribution < 1.29 is 14.1 Å². The number of amides is 1. The van der Waals surface area contributed by atoms with Crippen LogP contribution in [0.2, 0.25) is 5.02 Å². The van der Waals surface area contributed by atoms with Crippen molar-refractivity contribution >= 4 is 17.5 Å². The number of benzene rings is 2. The molecule has 0 aliphatic carbocycles. The Morgan fingerprint density at radius 1 is 1.21 bits per heavy atom. The second-order valence-corrected chi connectivity index (χ2v) is 6.99. The molecule has 1 amide bonds. The quantitative estimate of drug-likeness (QED) is 0.605. The number of nitrogens with zero attached hydrogens (tertiary/aromatic N) is 3. The molecular formula is C21H20ClN3O3. The number of carbonyl (C=O) groups is 1. The monoisotopic (exact) mass is 397 g/mol. The second-order valence-electron chi connectivity index (χ2n) is 6.58. The van der Waals surface area contributed by atoms with E-state index in [1.165, 1.54) is 0 Å². The molecule has 0 saturated carbocycles. The molecule has 0 spiro atoms. The predicted octanol–water partition coefficient (Wildman–Crippen LogP) is 4.65. The molecule has 4 rings (SSSR count). The van der Waals surface area contributed by atoms with Gasteiger partial charge in [0, 0.05) is 23.6 Å². The van der Waals surface area contributed by atoms with Gasteiger partial charge in [0.1, 0.15) is 11.8 Å². The van der Waals surface area contributed by atoms with Crippen LogP contribution in [0.25, 0.3) is 11.4 Å². The third-order valence-corrected chi connectivity index (χ3v) is 5.15. The van der Waals surface area contributed by atoms with Crippen LogP contribution in [-0.2, 0) is 11.3 Å². The molecule has 6 nitrogen and oxygen atoms in total. The molecule has 1 aromatic heterocycles. The fraction of sp³-hybridized carbons (Fsp3) is 0.286. The summed E-state index contributed by atoms with van der Waals surface area (Å²) < 4.78 is 11.0. The van der Waals surface area contributed by atoms with Crippen LogP contribution in [0.1, 0.15) is 37.3 Å². The Kier molecular flexibility index (Phi) is 5.30. The minimum Gasteiger partial charge on any atom is -0.494 e. The largest absolute Gasteiger partial charge is 0.494 e. The highest BCUT2D eigenvalue weighted by Crippen LogP contribution is 2.35.